The predicted octanol–water partition coefficient (Wildman–Crippen LogP) is 14.7. The minimum absolute atomic E-state index is 0.00165. The predicted molar refractivity (Wildman–Crippen MR) is 241 cm³/mol. The molecule has 0 spiro atoms. The van der Waals surface area contributed by atoms with Gasteiger partial charge in [0.2, 0.25) is 0 Å². The fourth-order valence-corrected chi connectivity index (χ4v) is 8.04. The molecule has 0 aromatic carbocycles. The normalized spacial score (nSPS) is 12.7. The number of carbonyl (C=O) groups excluding carboxylic acids is 2. The summed E-state index contributed by atoms with van der Waals surface area (Å²) in [6.07, 6.45) is 42.3. The second-order valence-corrected chi connectivity index (χ2v) is 17.4. The van der Waals surface area contributed by atoms with Crippen LogP contribution in [-0.2, 0) is 19.1 Å². The van der Waals surface area contributed by atoms with E-state index in [2.05, 4.69) is 32.6 Å². The van der Waals surface area contributed by atoms with E-state index >= 15 is 0 Å². The van der Waals surface area contributed by atoms with Crippen LogP contribution in [0.4, 0.5) is 0 Å². The first kappa shape index (κ1) is 54.9. The SMILES string of the molecule is CCCCCCCCC(CCCCCC)COC(=O)CCCCCN(CCCCCCO)CCCCCCOC(=O)C(CCCCCC)CCCCCCCC. The van der Waals surface area contributed by atoms with Gasteiger partial charge in [-0.05, 0) is 89.8 Å². The van der Waals surface area contributed by atoms with Crippen molar-refractivity contribution in [3.05, 3.63) is 0 Å². The van der Waals surface area contributed by atoms with Gasteiger partial charge >= 0.3 is 11.9 Å². The third kappa shape index (κ3) is 38.4. The summed E-state index contributed by atoms with van der Waals surface area (Å²) in [6, 6.07) is 0. The Hall–Kier alpha value is -1.14. The first-order valence-corrected chi connectivity index (χ1v) is 25.2. The van der Waals surface area contributed by atoms with Gasteiger partial charge in [-0.1, -0.05) is 188 Å². The maximum atomic E-state index is 13.0. The molecule has 0 rings (SSSR count). The molecule has 0 aliphatic rings. The number of aliphatic hydroxyl groups excluding tert-OH is 1. The Morgan fingerprint density at radius 1 is 0.446 bits per heavy atom. The summed E-state index contributed by atoms with van der Waals surface area (Å²) in [7, 11) is 0. The molecule has 0 bridgehead atoms. The Morgan fingerprint density at radius 3 is 1.34 bits per heavy atom. The molecule has 0 heterocycles. The van der Waals surface area contributed by atoms with E-state index in [0.29, 0.717) is 32.2 Å². The molecule has 334 valence electrons. The number of rotatable bonds is 46. The molecule has 2 atom stereocenters. The molecule has 0 fully saturated rings. The number of esters is 2. The summed E-state index contributed by atoms with van der Waals surface area (Å²) in [5, 5.41) is 9.17. The van der Waals surface area contributed by atoms with Gasteiger partial charge in [-0.15, -0.1) is 0 Å². The Labute approximate surface area is 350 Å². The number of aliphatic hydroxyl groups is 1. The van der Waals surface area contributed by atoms with Gasteiger partial charge < -0.3 is 19.5 Å². The monoisotopic (exact) mass is 794 g/mol. The molecule has 0 amide bonds. The minimum atomic E-state index is -0.00165. The smallest absolute Gasteiger partial charge is 0.308 e. The molecule has 56 heavy (non-hydrogen) atoms. The van der Waals surface area contributed by atoms with Crippen molar-refractivity contribution in [1.82, 2.24) is 4.90 Å². The topological polar surface area (TPSA) is 76.1 Å². The zero-order chi connectivity index (χ0) is 41.0. The molecule has 0 aromatic heterocycles. The summed E-state index contributed by atoms with van der Waals surface area (Å²) >= 11 is 0. The van der Waals surface area contributed by atoms with Crippen molar-refractivity contribution in [3.8, 4) is 0 Å². The third-order valence-corrected chi connectivity index (χ3v) is 11.9. The quantitative estimate of drug-likeness (QED) is 0.0489. The average Bonchev–Trinajstić information content (AvgIpc) is 3.20. The highest BCUT2D eigenvalue weighted by atomic mass is 16.5. The van der Waals surface area contributed by atoms with Crippen molar-refractivity contribution in [2.24, 2.45) is 11.8 Å². The molecule has 0 aromatic rings. The first-order valence-electron chi connectivity index (χ1n) is 25.2. The summed E-state index contributed by atoms with van der Waals surface area (Å²) in [4.78, 5) is 28.3. The van der Waals surface area contributed by atoms with Crippen molar-refractivity contribution in [1.29, 1.82) is 0 Å². The lowest BCUT2D eigenvalue weighted by atomic mass is 9.94. The molecule has 6 heteroatoms. The van der Waals surface area contributed by atoms with Crippen LogP contribution in [0.2, 0.25) is 0 Å². The van der Waals surface area contributed by atoms with Crippen molar-refractivity contribution >= 4 is 11.9 Å². The standard InChI is InChI=1S/C50H99NO5/c1-5-9-13-17-19-27-37-47(36-26-15-11-7-3)46-56-49(53)40-30-25-33-43-51(41-31-21-23-34-44-52)42-32-22-24-35-45-55-50(54)48(38-28-16-12-8-4)39-29-20-18-14-10-6-2/h47-48,52H,5-46H2,1-4H3. The van der Waals surface area contributed by atoms with Crippen LogP contribution in [0.1, 0.15) is 259 Å². The van der Waals surface area contributed by atoms with Gasteiger partial charge in [-0.3, -0.25) is 9.59 Å². The van der Waals surface area contributed by atoms with E-state index in [4.69, 9.17) is 9.47 Å². The number of unbranched alkanes of at least 4 members (excludes halogenated alkanes) is 24. The zero-order valence-corrected chi connectivity index (χ0v) is 38.4. The minimum Gasteiger partial charge on any atom is -0.465 e. The summed E-state index contributed by atoms with van der Waals surface area (Å²) in [6.45, 7) is 13.8. The van der Waals surface area contributed by atoms with Crippen LogP contribution < -0.4 is 0 Å². The lowest BCUT2D eigenvalue weighted by molar-refractivity contribution is -0.149. The second-order valence-electron chi connectivity index (χ2n) is 17.4. The van der Waals surface area contributed by atoms with E-state index in [9.17, 15) is 14.7 Å². The summed E-state index contributed by atoms with van der Waals surface area (Å²) < 4.78 is 11.7. The largest absolute Gasteiger partial charge is 0.465 e. The van der Waals surface area contributed by atoms with E-state index in [0.717, 1.165) is 90.3 Å². The Balaban J connectivity index is 4.49. The van der Waals surface area contributed by atoms with Crippen LogP contribution in [0, 0.1) is 11.8 Å². The van der Waals surface area contributed by atoms with Gasteiger partial charge in [0, 0.05) is 13.0 Å². The molecule has 0 aliphatic heterocycles. The molecule has 0 aliphatic carbocycles. The van der Waals surface area contributed by atoms with Gasteiger partial charge in [0.15, 0.2) is 0 Å². The molecule has 0 radical (unpaired) electrons. The molecule has 0 saturated carbocycles. The molecular formula is C50H99NO5. The maximum absolute atomic E-state index is 13.0. The zero-order valence-electron chi connectivity index (χ0n) is 38.4. The van der Waals surface area contributed by atoms with Crippen LogP contribution in [0.25, 0.3) is 0 Å². The summed E-state index contributed by atoms with van der Waals surface area (Å²) in [5.74, 6) is 0.673. The average molecular weight is 794 g/mol. The number of hydrogen-bond donors (Lipinski definition) is 1. The van der Waals surface area contributed by atoms with E-state index in [1.807, 2.05) is 0 Å². The van der Waals surface area contributed by atoms with Gasteiger partial charge in [-0.2, -0.15) is 0 Å². The molecule has 1 N–H and O–H groups in total. The van der Waals surface area contributed by atoms with E-state index < -0.39 is 0 Å². The van der Waals surface area contributed by atoms with Crippen LogP contribution >= 0.6 is 0 Å². The van der Waals surface area contributed by atoms with Gasteiger partial charge in [-0.25, -0.2) is 0 Å². The highest BCUT2D eigenvalue weighted by molar-refractivity contribution is 5.72. The molecule has 2 unspecified atom stereocenters. The molecular weight excluding hydrogens is 695 g/mol. The fraction of sp³-hybridized carbons (Fsp3) is 0.960. The molecule has 0 saturated heterocycles. The van der Waals surface area contributed by atoms with Gasteiger partial charge in [0.1, 0.15) is 0 Å². The Morgan fingerprint density at radius 2 is 0.839 bits per heavy atom. The highest BCUT2D eigenvalue weighted by Crippen LogP contribution is 2.22. The Bertz CT molecular complexity index is 806. The van der Waals surface area contributed by atoms with Crippen LogP contribution in [0.3, 0.4) is 0 Å². The Kier molecular flexibility index (Phi) is 44.0. The van der Waals surface area contributed by atoms with Gasteiger partial charge in [0.05, 0.1) is 19.1 Å². The number of hydrogen-bond acceptors (Lipinski definition) is 6. The van der Waals surface area contributed by atoms with E-state index in [1.54, 1.807) is 0 Å². The van der Waals surface area contributed by atoms with Crippen LogP contribution in [0.5, 0.6) is 0 Å². The van der Waals surface area contributed by atoms with Crippen molar-refractivity contribution in [2.75, 3.05) is 39.5 Å². The fourth-order valence-electron chi connectivity index (χ4n) is 8.04. The lowest BCUT2D eigenvalue weighted by Gasteiger charge is -2.22. The van der Waals surface area contributed by atoms with E-state index in [1.165, 1.54) is 154 Å². The first-order chi connectivity index (χ1) is 27.5. The summed E-state index contributed by atoms with van der Waals surface area (Å²) in [5.41, 5.74) is 0. The molecule has 6 nitrogen and oxygen atoms in total. The van der Waals surface area contributed by atoms with Crippen LogP contribution in [0.15, 0.2) is 0 Å². The van der Waals surface area contributed by atoms with Gasteiger partial charge in [0.25, 0.3) is 0 Å². The number of ether oxygens (including phenoxy) is 2. The van der Waals surface area contributed by atoms with Crippen molar-refractivity contribution < 1.29 is 24.2 Å². The lowest BCUT2D eigenvalue weighted by Crippen LogP contribution is -2.27. The van der Waals surface area contributed by atoms with Crippen molar-refractivity contribution in [3.63, 3.8) is 0 Å². The second kappa shape index (κ2) is 45.0. The van der Waals surface area contributed by atoms with Crippen LogP contribution in [-0.4, -0.2) is 61.4 Å². The number of nitrogens with zero attached hydrogens (tertiary/aromatic N) is 1. The number of carbonyl (C=O) groups is 2. The highest BCUT2D eigenvalue weighted by Gasteiger charge is 2.19. The van der Waals surface area contributed by atoms with Crippen molar-refractivity contribution in [2.45, 2.75) is 259 Å². The maximum Gasteiger partial charge on any atom is 0.308 e. The third-order valence-electron chi connectivity index (χ3n) is 11.9. The van der Waals surface area contributed by atoms with E-state index in [-0.39, 0.29) is 17.9 Å².